The number of hydrogen-bond acceptors (Lipinski definition) is 5. The van der Waals surface area contributed by atoms with Crippen LogP contribution in [-0.2, 0) is 23.1 Å². The molecule has 2 aromatic rings. The molecule has 0 amide bonds. The summed E-state index contributed by atoms with van der Waals surface area (Å²) in [5.41, 5.74) is 2.56. The lowest BCUT2D eigenvalue weighted by Crippen LogP contribution is -2.32. The van der Waals surface area contributed by atoms with Gasteiger partial charge >= 0.3 is 0 Å². The largest absolute Gasteiger partial charge is 0.360 e. The second-order valence-electron chi connectivity index (χ2n) is 7.25. The molecule has 0 bridgehead atoms. The van der Waals surface area contributed by atoms with Crippen molar-refractivity contribution in [1.29, 1.82) is 0 Å². The van der Waals surface area contributed by atoms with E-state index in [0.717, 1.165) is 31.1 Å². The van der Waals surface area contributed by atoms with Crippen LogP contribution in [0.3, 0.4) is 0 Å². The highest BCUT2D eigenvalue weighted by molar-refractivity contribution is 7.89. The second-order valence-corrected chi connectivity index (χ2v) is 8.96. The van der Waals surface area contributed by atoms with Crippen molar-refractivity contribution >= 4 is 10.0 Å². The minimum atomic E-state index is -3.63. The zero-order chi connectivity index (χ0) is 18.7. The fraction of sp³-hybridized carbons (Fsp3) is 0.526. The van der Waals surface area contributed by atoms with Gasteiger partial charge in [-0.25, -0.2) is 13.1 Å². The highest BCUT2D eigenvalue weighted by Gasteiger charge is 2.23. The Balaban J connectivity index is 1.58. The zero-order valence-corrected chi connectivity index (χ0v) is 16.5. The number of sulfonamides is 1. The topological polar surface area (TPSA) is 75.4 Å². The molecule has 0 spiro atoms. The molecule has 0 atom stereocenters. The van der Waals surface area contributed by atoms with Crippen LogP contribution in [0.5, 0.6) is 0 Å². The molecule has 1 aliphatic heterocycles. The summed E-state index contributed by atoms with van der Waals surface area (Å²) in [6.07, 6.45) is 2.53. The Labute approximate surface area is 155 Å². The average molecular weight is 378 g/mol. The molecule has 1 aromatic carbocycles. The van der Waals surface area contributed by atoms with Crippen molar-refractivity contribution in [3.8, 4) is 0 Å². The molecule has 1 N–H and O–H groups in total. The maximum atomic E-state index is 12.4. The van der Waals surface area contributed by atoms with Crippen molar-refractivity contribution in [2.75, 3.05) is 13.1 Å². The number of likely N-dealkylation sites (tertiary alicyclic amines) is 1. The van der Waals surface area contributed by atoms with E-state index in [0.29, 0.717) is 11.5 Å². The smallest absolute Gasteiger partial charge is 0.246 e. The maximum absolute atomic E-state index is 12.4. The first-order valence-corrected chi connectivity index (χ1v) is 10.6. The van der Waals surface area contributed by atoms with E-state index in [2.05, 4.69) is 33.8 Å². The Kier molecular flexibility index (Phi) is 5.79. The molecule has 0 saturated carbocycles. The van der Waals surface area contributed by atoms with E-state index in [9.17, 15) is 8.42 Å². The van der Waals surface area contributed by atoms with E-state index in [1.54, 1.807) is 13.8 Å². The Morgan fingerprint density at radius 3 is 2.35 bits per heavy atom. The summed E-state index contributed by atoms with van der Waals surface area (Å²) >= 11 is 0. The predicted molar refractivity (Wildman–Crippen MR) is 100 cm³/mol. The molecule has 7 heteroatoms. The third kappa shape index (κ3) is 4.52. The van der Waals surface area contributed by atoms with Gasteiger partial charge in [-0.05, 0) is 56.8 Å². The number of benzene rings is 1. The van der Waals surface area contributed by atoms with Gasteiger partial charge in [-0.2, -0.15) is 0 Å². The molecular weight excluding hydrogens is 350 g/mol. The van der Waals surface area contributed by atoms with Gasteiger partial charge in [0, 0.05) is 13.1 Å². The monoisotopic (exact) mass is 377 g/mol. The highest BCUT2D eigenvalue weighted by atomic mass is 32.2. The summed E-state index contributed by atoms with van der Waals surface area (Å²) in [7, 11) is -3.63. The first kappa shape index (κ1) is 19.1. The van der Waals surface area contributed by atoms with Crippen LogP contribution >= 0.6 is 0 Å². The van der Waals surface area contributed by atoms with Gasteiger partial charge in [0.05, 0.1) is 0 Å². The van der Waals surface area contributed by atoms with Gasteiger partial charge in [0.2, 0.25) is 10.0 Å². The van der Waals surface area contributed by atoms with Gasteiger partial charge in [0.1, 0.15) is 10.6 Å². The van der Waals surface area contributed by atoms with E-state index < -0.39 is 10.0 Å². The summed E-state index contributed by atoms with van der Waals surface area (Å²) in [5, 5.41) is 3.71. The molecule has 0 radical (unpaired) electrons. The van der Waals surface area contributed by atoms with Gasteiger partial charge < -0.3 is 4.52 Å². The molecule has 2 heterocycles. The maximum Gasteiger partial charge on any atom is 0.246 e. The van der Waals surface area contributed by atoms with Crippen LogP contribution in [0.1, 0.15) is 42.3 Å². The van der Waals surface area contributed by atoms with Crippen molar-refractivity contribution < 1.29 is 12.9 Å². The normalized spacial score (nSPS) is 16.9. The molecule has 0 aliphatic carbocycles. The minimum absolute atomic E-state index is 0.133. The number of hydrogen-bond donors (Lipinski definition) is 1. The number of piperidine rings is 1. The van der Waals surface area contributed by atoms with Crippen molar-refractivity contribution in [3.05, 3.63) is 46.8 Å². The van der Waals surface area contributed by atoms with Crippen molar-refractivity contribution in [1.82, 2.24) is 14.8 Å². The minimum Gasteiger partial charge on any atom is -0.360 e. The molecule has 142 valence electrons. The van der Waals surface area contributed by atoms with Crippen LogP contribution in [0.4, 0.5) is 0 Å². The van der Waals surface area contributed by atoms with Crippen LogP contribution in [-0.4, -0.2) is 31.6 Å². The number of aromatic nitrogens is 1. The van der Waals surface area contributed by atoms with Crippen molar-refractivity contribution in [3.63, 3.8) is 0 Å². The van der Waals surface area contributed by atoms with E-state index in [-0.39, 0.29) is 11.4 Å². The number of aryl methyl sites for hydroxylation is 2. The molecule has 0 unspecified atom stereocenters. The van der Waals surface area contributed by atoms with Crippen molar-refractivity contribution in [2.45, 2.75) is 51.6 Å². The first-order chi connectivity index (χ1) is 12.3. The van der Waals surface area contributed by atoms with Crippen LogP contribution < -0.4 is 4.72 Å². The van der Waals surface area contributed by atoms with Crippen LogP contribution in [0.25, 0.3) is 0 Å². The Bertz CT molecular complexity index is 816. The molecule has 1 aromatic heterocycles. The molecule has 26 heavy (non-hydrogen) atoms. The Morgan fingerprint density at radius 2 is 1.77 bits per heavy atom. The highest BCUT2D eigenvalue weighted by Crippen LogP contribution is 2.20. The Hall–Kier alpha value is -1.70. The second kappa shape index (κ2) is 7.90. The van der Waals surface area contributed by atoms with E-state index >= 15 is 0 Å². The van der Waals surface area contributed by atoms with Crippen LogP contribution in [0, 0.1) is 19.8 Å². The van der Waals surface area contributed by atoms with Gasteiger partial charge in [-0.3, -0.25) is 4.90 Å². The average Bonchev–Trinajstić information content (AvgIpc) is 2.96. The molecule has 1 fully saturated rings. The molecule has 3 rings (SSSR count). The quantitative estimate of drug-likeness (QED) is 0.837. The summed E-state index contributed by atoms with van der Waals surface area (Å²) < 4.78 is 32.5. The zero-order valence-electron chi connectivity index (χ0n) is 15.7. The van der Waals surface area contributed by atoms with Crippen molar-refractivity contribution in [2.24, 2.45) is 5.92 Å². The van der Waals surface area contributed by atoms with E-state index in [1.807, 2.05) is 12.1 Å². The first-order valence-electron chi connectivity index (χ1n) is 9.08. The third-order valence-electron chi connectivity index (χ3n) is 5.01. The predicted octanol–water partition coefficient (Wildman–Crippen LogP) is 3.00. The number of rotatable bonds is 6. The lowest BCUT2D eigenvalue weighted by molar-refractivity contribution is 0.185. The molecule has 6 nitrogen and oxygen atoms in total. The summed E-state index contributed by atoms with van der Waals surface area (Å²) in [6, 6.07) is 8.13. The fourth-order valence-electron chi connectivity index (χ4n) is 3.35. The number of nitrogens with one attached hydrogen (secondary N) is 1. The van der Waals surface area contributed by atoms with Crippen LogP contribution in [0.2, 0.25) is 0 Å². The third-order valence-corrected chi connectivity index (χ3v) is 6.65. The van der Waals surface area contributed by atoms with Crippen LogP contribution in [0.15, 0.2) is 33.7 Å². The standard InChI is InChI=1S/C19H27N3O3S/c1-14-8-10-22(11-9-14)13-18-6-4-17(5-7-18)12-20-26(23,24)19-15(2)21-25-16(19)3/h4-7,14,20H,8-13H2,1-3H3. The van der Waals surface area contributed by atoms with Gasteiger partial charge in [-0.1, -0.05) is 36.3 Å². The summed E-state index contributed by atoms with van der Waals surface area (Å²) in [6.45, 7) is 9.05. The molecule has 1 saturated heterocycles. The number of nitrogens with zero attached hydrogens (tertiary/aromatic N) is 2. The lowest BCUT2D eigenvalue weighted by atomic mass is 9.99. The van der Waals surface area contributed by atoms with Gasteiger partial charge in [0.25, 0.3) is 0 Å². The molecule has 1 aliphatic rings. The molecular formula is C19H27N3O3S. The van der Waals surface area contributed by atoms with E-state index in [4.69, 9.17) is 4.52 Å². The lowest BCUT2D eigenvalue weighted by Gasteiger charge is -2.30. The van der Waals surface area contributed by atoms with E-state index in [1.165, 1.54) is 18.4 Å². The summed E-state index contributed by atoms with van der Waals surface area (Å²) in [5.74, 6) is 1.14. The SMILES string of the molecule is Cc1noc(C)c1S(=O)(=O)NCc1ccc(CN2CCC(C)CC2)cc1. The Morgan fingerprint density at radius 1 is 1.15 bits per heavy atom. The fourth-order valence-corrected chi connectivity index (χ4v) is 4.69. The summed E-state index contributed by atoms with van der Waals surface area (Å²) in [4.78, 5) is 2.61. The van der Waals surface area contributed by atoms with Gasteiger partial charge in [0.15, 0.2) is 5.76 Å². The van der Waals surface area contributed by atoms with Gasteiger partial charge in [-0.15, -0.1) is 0 Å².